The summed E-state index contributed by atoms with van der Waals surface area (Å²) in [6.07, 6.45) is 0. The van der Waals surface area contributed by atoms with Gasteiger partial charge in [-0.05, 0) is 39.7 Å². The van der Waals surface area contributed by atoms with Crippen LogP contribution in [0, 0.1) is 10.1 Å². The van der Waals surface area contributed by atoms with Crippen LogP contribution in [-0.4, -0.2) is 16.0 Å². The summed E-state index contributed by atoms with van der Waals surface area (Å²) in [6, 6.07) is 26.6. The van der Waals surface area contributed by atoms with E-state index < -0.39 is 10.9 Å². The van der Waals surface area contributed by atoms with E-state index in [-0.39, 0.29) is 11.3 Å². The predicted molar refractivity (Wildman–Crippen MR) is 102 cm³/mol. The lowest BCUT2D eigenvalue weighted by Gasteiger charge is -2.00. The molecule has 0 aliphatic heterocycles. The number of fused-ring (bicyclic) bond motifs is 2. The highest BCUT2D eigenvalue weighted by molar-refractivity contribution is 5.98. The van der Waals surface area contributed by atoms with Crippen LogP contribution in [0.2, 0.25) is 0 Å². The maximum Gasteiger partial charge on any atom is 0.342 e. The molecule has 5 heteroatoms. The van der Waals surface area contributed by atoms with Crippen molar-refractivity contribution in [2.24, 2.45) is 0 Å². The van der Waals surface area contributed by atoms with Gasteiger partial charge in [-0.25, -0.2) is 4.79 Å². The van der Waals surface area contributed by atoms with E-state index in [1.165, 1.54) is 39.7 Å². The molecule has 0 aromatic heterocycles. The zero-order chi connectivity index (χ0) is 18.5. The number of carboxylic acids is 1. The van der Waals surface area contributed by atoms with E-state index >= 15 is 0 Å². The van der Waals surface area contributed by atoms with Gasteiger partial charge in [0.2, 0.25) is 0 Å². The van der Waals surface area contributed by atoms with E-state index in [0.717, 1.165) is 6.07 Å². The van der Waals surface area contributed by atoms with Crippen molar-refractivity contribution < 1.29 is 14.8 Å². The Hall–Kier alpha value is -3.73. The Bertz CT molecular complexity index is 967. The number of hydrogen-bond acceptors (Lipinski definition) is 3. The summed E-state index contributed by atoms with van der Waals surface area (Å²) in [5.41, 5.74) is -0.674. The molecule has 0 aliphatic rings. The van der Waals surface area contributed by atoms with Crippen molar-refractivity contribution in [3.8, 4) is 0 Å². The van der Waals surface area contributed by atoms with Crippen molar-refractivity contribution in [1.29, 1.82) is 0 Å². The van der Waals surface area contributed by atoms with Gasteiger partial charge in [0, 0.05) is 6.07 Å². The number of rotatable bonds is 2. The molecule has 4 aromatic rings. The summed E-state index contributed by atoms with van der Waals surface area (Å²) in [7, 11) is 0. The number of aromatic carboxylic acids is 1. The van der Waals surface area contributed by atoms with Crippen molar-refractivity contribution in [2.45, 2.75) is 0 Å². The largest absolute Gasteiger partial charge is 0.477 e. The third-order valence-electron chi connectivity index (χ3n) is 3.95. The number of para-hydroxylation sites is 1. The number of nitro groups is 1. The van der Waals surface area contributed by atoms with E-state index in [1.54, 1.807) is 0 Å². The first-order valence-electron chi connectivity index (χ1n) is 7.90. The molecule has 0 aliphatic carbocycles. The van der Waals surface area contributed by atoms with Crippen LogP contribution in [0.4, 0.5) is 5.69 Å². The van der Waals surface area contributed by atoms with Crippen LogP contribution in [0.1, 0.15) is 10.4 Å². The minimum atomic E-state index is -1.29. The van der Waals surface area contributed by atoms with E-state index in [4.69, 9.17) is 5.11 Å². The zero-order valence-electron chi connectivity index (χ0n) is 13.7. The van der Waals surface area contributed by atoms with Crippen molar-refractivity contribution in [3.05, 3.63) is 101 Å². The standard InChI is InChI=1S/C14H10.C7H5NO4/c1-2-6-12-10-14-8-4-3-7-13(14)9-11(12)5-1;9-7(10)5-3-1-2-4-6(5)8(11)12/h1-10H;1-4H,(H,9,10). The average Bonchev–Trinajstić information content (AvgIpc) is 2.66. The van der Waals surface area contributed by atoms with E-state index in [2.05, 4.69) is 60.7 Å². The Labute approximate surface area is 149 Å². The molecule has 0 saturated carbocycles. The van der Waals surface area contributed by atoms with Gasteiger partial charge in [-0.3, -0.25) is 10.1 Å². The minimum absolute atomic E-state index is 0.289. The summed E-state index contributed by atoms with van der Waals surface area (Å²) < 4.78 is 0. The van der Waals surface area contributed by atoms with Crippen molar-refractivity contribution in [2.75, 3.05) is 0 Å². The second-order valence-electron chi connectivity index (χ2n) is 5.63. The van der Waals surface area contributed by atoms with Crippen molar-refractivity contribution >= 4 is 33.2 Å². The fraction of sp³-hybridized carbons (Fsp3) is 0. The molecule has 0 bridgehead atoms. The van der Waals surface area contributed by atoms with Gasteiger partial charge in [0.05, 0.1) is 4.92 Å². The first-order valence-corrected chi connectivity index (χ1v) is 7.90. The third-order valence-corrected chi connectivity index (χ3v) is 3.95. The number of benzene rings is 4. The second kappa shape index (κ2) is 7.44. The number of hydrogen-bond donors (Lipinski definition) is 1. The summed E-state index contributed by atoms with van der Waals surface area (Å²) in [6.45, 7) is 0. The zero-order valence-corrected chi connectivity index (χ0v) is 13.7. The summed E-state index contributed by atoms with van der Waals surface area (Å²) >= 11 is 0. The van der Waals surface area contributed by atoms with Gasteiger partial charge in [0.1, 0.15) is 5.56 Å². The lowest BCUT2D eigenvalue weighted by Crippen LogP contribution is -2.01. The van der Waals surface area contributed by atoms with Gasteiger partial charge in [0.15, 0.2) is 0 Å². The Morgan fingerprint density at radius 2 is 1.12 bits per heavy atom. The highest BCUT2D eigenvalue weighted by Crippen LogP contribution is 2.22. The highest BCUT2D eigenvalue weighted by Gasteiger charge is 2.17. The SMILES string of the molecule is O=C(O)c1ccccc1[N+](=O)[O-].c1ccc2cc3ccccc3cc2c1. The maximum absolute atomic E-state index is 10.4. The van der Waals surface area contributed by atoms with Crippen LogP contribution in [0.15, 0.2) is 84.9 Å². The molecule has 5 nitrogen and oxygen atoms in total. The Morgan fingerprint density at radius 3 is 1.46 bits per heavy atom. The van der Waals surface area contributed by atoms with E-state index in [1.807, 2.05) is 0 Å². The number of carboxylic acid groups (broad SMARTS) is 1. The first kappa shape index (κ1) is 17.1. The molecule has 26 heavy (non-hydrogen) atoms. The average molecular weight is 345 g/mol. The molecule has 0 radical (unpaired) electrons. The van der Waals surface area contributed by atoms with Crippen LogP contribution < -0.4 is 0 Å². The van der Waals surface area contributed by atoms with Crippen LogP contribution >= 0.6 is 0 Å². The van der Waals surface area contributed by atoms with Gasteiger partial charge >= 0.3 is 5.97 Å². The number of carbonyl (C=O) groups is 1. The fourth-order valence-electron chi connectivity index (χ4n) is 2.70. The molecular weight excluding hydrogens is 330 g/mol. The normalized spacial score (nSPS) is 10.2. The molecule has 0 fully saturated rings. The van der Waals surface area contributed by atoms with Crippen LogP contribution in [-0.2, 0) is 0 Å². The van der Waals surface area contributed by atoms with Gasteiger partial charge in [-0.2, -0.15) is 0 Å². The molecule has 0 atom stereocenters. The predicted octanol–water partition coefficient (Wildman–Crippen LogP) is 5.29. The lowest BCUT2D eigenvalue weighted by molar-refractivity contribution is -0.385. The van der Waals surface area contributed by atoms with Crippen molar-refractivity contribution in [1.82, 2.24) is 0 Å². The molecule has 0 spiro atoms. The molecule has 1 N–H and O–H groups in total. The quantitative estimate of drug-likeness (QED) is 0.304. The van der Waals surface area contributed by atoms with Crippen LogP contribution in [0.3, 0.4) is 0 Å². The van der Waals surface area contributed by atoms with Crippen LogP contribution in [0.5, 0.6) is 0 Å². The van der Waals surface area contributed by atoms with Gasteiger partial charge in [-0.1, -0.05) is 60.7 Å². The molecule has 0 heterocycles. The van der Waals surface area contributed by atoms with Gasteiger partial charge in [-0.15, -0.1) is 0 Å². The summed E-state index contributed by atoms with van der Waals surface area (Å²) in [5, 5.41) is 24.0. The summed E-state index contributed by atoms with van der Waals surface area (Å²) in [4.78, 5) is 20.0. The maximum atomic E-state index is 10.4. The monoisotopic (exact) mass is 345 g/mol. The number of nitrogens with zero attached hydrogens (tertiary/aromatic N) is 1. The van der Waals surface area contributed by atoms with E-state index in [0.29, 0.717) is 0 Å². The van der Waals surface area contributed by atoms with Gasteiger partial charge < -0.3 is 5.11 Å². The minimum Gasteiger partial charge on any atom is -0.477 e. The number of nitro benzene ring substituents is 1. The molecule has 0 amide bonds. The van der Waals surface area contributed by atoms with Crippen LogP contribution in [0.25, 0.3) is 21.5 Å². The van der Waals surface area contributed by atoms with Gasteiger partial charge in [0.25, 0.3) is 5.69 Å². The first-order chi connectivity index (χ1) is 12.6. The fourth-order valence-corrected chi connectivity index (χ4v) is 2.70. The van der Waals surface area contributed by atoms with Crippen molar-refractivity contribution in [3.63, 3.8) is 0 Å². The second-order valence-corrected chi connectivity index (χ2v) is 5.63. The Kier molecular flexibility index (Phi) is 4.90. The molecule has 0 unspecified atom stereocenters. The Balaban J connectivity index is 0.000000153. The topological polar surface area (TPSA) is 80.4 Å². The molecule has 0 saturated heterocycles. The third kappa shape index (κ3) is 3.67. The highest BCUT2D eigenvalue weighted by atomic mass is 16.6. The molecule has 4 rings (SSSR count). The smallest absolute Gasteiger partial charge is 0.342 e. The molecule has 4 aromatic carbocycles. The molecule has 128 valence electrons. The molecular formula is C21H15NO4. The summed E-state index contributed by atoms with van der Waals surface area (Å²) in [5.74, 6) is -1.29. The lowest BCUT2D eigenvalue weighted by atomic mass is 10.0. The Morgan fingerprint density at radius 1 is 0.731 bits per heavy atom. The van der Waals surface area contributed by atoms with E-state index in [9.17, 15) is 14.9 Å².